The predicted octanol–water partition coefficient (Wildman–Crippen LogP) is 2.67. The van der Waals surface area contributed by atoms with Gasteiger partial charge in [-0.15, -0.1) is 11.3 Å². The Bertz CT molecular complexity index is 675. The lowest BCUT2D eigenvalue weighted by atomic mass is 9.79. The average Bonchev–Trinajstić information content (AvgIpc) is 3.26. The molecule has 1 amide bonds. The highest BCUT2D eigenvalue weighted by atomic mass is 32.1. The first kappa shape index (κ1) is 14.6. The molecule has 5 nitrogen and oxygen atoms in total. The standard InChI is InChI=1S/C17H20N4OS/c22-15(14-4-1-11-23-14)20-10-6-17(12-20)5-2-9-21(13-17)16-18-7-3-8-19-16/h1,3-4,7-8,11H,2,5-6,9-10,12-13H2/t17-/m1/s1. The van der Waals surface area contributed by atoms with E-state index < -0.39 is 0 Å². The monoisotopic (exact) mass is 328 g/mol. The number of hydrogen-bond acceptors (Lipinski definition) is 5. The summed E-state index contributed by atoms with van der Waals surface area (Å²) >= 11 is 1.53. The fourth-order valence-corrected chi connectivity index (χ4v) is 4.52. The number of hydrogen-bond donors (Lipinski definition) is 0. The highest BCUT2D eigenvalue weighted by molar-refractivity contribution is 7.12. The summed E-state index contributed by atoms with van der Waals surface area (Å²) in [6.07, 6.45) is 6.99. The number of carbonyl (C=O) groups excluding carboxylic acids is 1. The van der Waals surface area contributed by atoms with Crippen molar-refractivity contribution in [3.8, 4) is 0 Å². The molecule has 2 saturated heterocycles. The van der Waals surface area contributed by atoms with Gasteiger partial charge in [0.25, 0.3) is 5.91 Å². The molecule has 2 aliphatic heterocycles. The van der Waals surface area contributed by atoms with Gasteiger partial charge >= 0.3 is 0 Å². The van der Waals surface area contributed by atoms with E-state index in [9.17, 15) is 4.79 Å². The van der Waals surface area contributed by atoms with Crippen molar-refractivity contribution in [3.63, 3.8) is 0 Å². The SMILES string of the molecule is O=C(c1cccs1)N1CC[C@]2(CCCN(c3ncccn3)C2)C1. The molecular weight excluding hydrogens is 308 g/mol. The number of aromatic nitrogens is 2. The summed E-state index contributed by atoms with van der Waals surface area (Å²) in [5.41, 5.74) is 0.199. The van der Waals surface area contributed by atoms with Gasteiger partial charge in [-0.3, -0.25) is 4.79 Å². The molecule has 0 aliphatic carbocycles. The molecule has 0 bridgehead atoms. The van der Waals surface area contributed by atoms with Gasteiger partial charge < -0.3 is 9.80 Å². The third kappa shape index (κ3) is 2.83. The van der Waals surface area contributed by atoms with Gasteiger partial charge in [-0.05, 0) is 36.8 Å². The number of rotatable bonds is 2. The molecule has 1 atom stereocenters. The second-order valence-electron chi connectivity index (χ2n) is 6.53. The van der Waals surface area contributed by atoms with Gasteiger partial charge in [0.15, 0.2) is 0 Å². The maximum Gasteiger partial charge on any atom is 0.263 e. The van der Waals surface area contributed by atoms with Crippen LogP contribution in [0.15, 0.2) is 36.0 Å². The van der Waals surface area contributed by atoms with Crippen molar-refractivity contribution in [2.24, 2.45) is 5.41 Å². The molecule has 0 aromatic carbocycles. The van der Waals surface area contributed by atoms with Gasteiger partial charge in [-0.2, -0.15) is 0 Å². The van der Waals surface area contributed by atoms with E-state index >= 15 is 0 Å². The average molecular weight is 328 g/mol. The number of amides is 1. The molecule has 4 rings (SSSR count). The normalized spacial score (nSPS) is 24.3. The zero-order chi connectivity index (χ0) is 15.7. The van der Waals surface area contributed by atoms with E-state index in [2.05, 4.69) is 14.9 Å². The Balaban J connectivity index is 1.48. The summed E-state index contributed by atoms with van der Waals surface area (Å²) in [7, 11) is 0. The smallest absolute Gasteiger partial charge is 0.263 e. The molecule has 0 unspecified atom stereocenters. The highest BCUT2D eigenvalue weighted by Crippen LogP contribution is 2.40. The van der Waals surface area contributed by atoms with Gasteiger partial charge in [0.2, 0.25) is 5.95 Å². The first-order chi connectivity index (χ1) is 11.3. The number of anilines is 1. The van der Waals surface area contributed by atoms with Crippen LogP contribution in [0.4, 0.5) is 5.95 Å². The van der Waals surface area contributed by atoms with Crippen molar-refractivity contribution in [2.75, 3.05) is 31.1 Å². The van der Waals surface area contributed by atoms with E-state index in [4.69, 9.17) is 0 Å². The summed E-state index contributed by atoms with van der Waals surface area (Å²) in [6.45, 7) is 3.67. The Morgan fingerprint density at radius 3 is 2.78 bits per heavy atom. The van der Waals surface area contributed by atoms with Crippen molar-refractivity contribution in [1.29, 1.82) is 0 Å². The Morgan fingerprint density at radius 1 is 1.13 bits per heavy atom. The second-order valence-corrected chi connectivity index (χ2v) is 7.48. The van der Waals surface area contributed by atoms with Gasteiger partial charge in [-0.1, -0.05) is 6.07 Å². The molecular formula is C17H20N4OS. The summed E-state index contributed by atoms with van der Waals surface area (Å²) in [5.74, 6) is 1.000. The fourth-order valence-electron chi connectivity index (χ4n) is 3.83. The number of likely N-dealkylation sites (tertiary alicyclic amines) is 1. The lowest BCUT2D eigenvalue weighted by Crippen LogP contribution is -2.46. The van der Waals surface area contributed by atoms with Crippen molar-refractivity contribution in [2.45, 2.75) is 19.3 Å². The number of thiophene rings is 1. The summed E-state index contributed by atoms with van der Waals surface area (Å²) in [5, 5.41) is 1.97. The first-order valence-electron chi connectivity index (χ1n) is 8.11. The van der Waals surface area contributed by atoms with Crippen molar-refractivity contribution in [3.05, 3.63) is 40.8 Å². The first-order valence-corrected chi connectivity index (χ1v) is 8.99. The zero-order valence-electron chi connectivity index (χ0n) is 13.0. The van der Waals surface area contributed by atoms with E-state index in [1.54, 1.807) is 12.4 Å². The molecule has 0 saturated carbocycles. The molecule has 2 aromatic rings. The van der Waals surface area contributed by atoms with Crippen molar-refractivity contribution < 1.29 is 4.79 Å². The van der Waals surface area contributed by atoms with Gasteiger partial charge in [0, 0.05) is 44.0 Å². The summed E-state index contributed by atoms with van der Waals surface area (Å²) < 4.78 is 0. The van der Waals surface area contributed by atoms with Crippen LogP contribution in [-0.2, 0) is 0 Å². The van der Waals surface area contributed by atoms with Crippen LogP contribution >= 0.6 is 11.3 Å². The molecule has 2 aromatic heterocycles. The lowest BCUT2D eigenvalue weighted by Gasteiger charge is -2.40. The van der Waals surface area contributed by atoms with Gasteiger partial charge in [-0.25, -0.2) is 9.97 Å². The van der Waals surface area contributed by atoms with Crippen molar-refractivity contribution >= 4 is 23.2 Å². The minimum atomic E-state index is 0.185. The molecule has 23 heavy (non-hydrogen) atoms. The number of carbonyl (C=O) groups is 1. The molecule has 120 valence electrons. The Morgan fingerprint density at radius 2 is 2.00 bits per heavy atom. The summed E-state index contributed by atoms with van der Waals surface area (Å²) in [4.78, 5) is 26.5. The van der Waals surface area contributed by atoms with E-state index in [1.165, 1.54) is 17.8 Å². The quantitative estimate of drug-likeness (QED) is 0.850. The molecule has 1 spiro atoms. The van der Waals surface area contributed by atoms with Crippen LogP contribution in [0.3, 0.4) is 0 Å². The van der Waals surface area contributed by atoms with Crippen molar-refractivity contribution in [1.82, 2.24) is 14.9 Å². The van der Waals surface area contributed by atoms with Gasteiger partial charge in [0.05, 0.1) is 4.88 Å². The molecule has 6 heteroatoms. The van der Waals surface area contributed by atoms with E-state index in [1.807, 2.05) is 28.5 Å². The number of piperidine rings is 1. The van der Waals surface area contributed by atoms with E-state index in [-0.39, 0.29) is 11.3 Å². The minimum absolute atomic E-state index is 0.185. The maximum atomic E-state index is 12.6. The van der Waals surface area contributed by atoms with Crippen LogP contribution in [-0.4, -0.2) is 47.0 Å². The van der Waals surface area contributed by atoms with Crippen LogP contribution in [0, 0.1) is 5.41 Å². The van der Waals surface area contributed by atoms with Crippen LogP contribution in [0.5, 0.6) is 0 Å². The lowest BCUT2D eigenvalue weighted by molar-refractivity contribution is 0.0772. The van der Waals surface area contributed by atoms with Gasteiger partial charge in [0.1, 0.15) is 0 Å². The summed E-state index contributed by atoms with van der Waals surface area (Å²) in [6, 6.07) is 5.71. The van der Waals surface area contributed by atoms with Crippen LogP contribution < -0.4 is 4.90 Å². The van der Waals surface area contributed by atoms with Crippen LogP contribution in [0.2, 0.25) is 0 Å². The molecule has 0 radical (unpaired) electrons. The predicted molar refractivity (Wildman–Crippen MR) is 90.8 cm³/mol. The van der Waals surface area contributed by atoms with Crippen LogP contribution in [0.25, 0.3) is 0 Å². The van der Waals surface area contributed by atoms with E-state index in [0.29, 0.717) is 0 Å². The Hall–Kier alpha value is -1.95. The highest BCUT2D eigenvalue weighted by Gasteiger charge is 2.43. The largest absolute Gasteiger partial charge is 0.340 e. The van der Waals surface area contributed by atoms with E-state index in [0.717, 1.165) is 49.8 Å². The minimum Gasteiger partial charge on any atom is -0.340 e. The third-order valence-corrected chi connectivity index (χ3v) is 5.81. The Kier molecular flexibility index (Phi) is 3.77. The topological polar surface area (TPSA) is 49.3 Å². The second kappa shape index (κ2) is 5.92. The molecule has 4 heterocycles. The molecule has 2 fully saturated rings. The maximum absolute atomic E-state index is 12.6. The Labute approximate surface area is 140 Å². The zero-order valence-corrected chi connectivity index (χ0v) is 13.8. The molecule has 2 aliphatic rings. The van der Waals surface area contributed by atoms with Crippen LogP contribution in [0.1, 0.15) is 28.9 Å². The fraction of sp³-hybridized carbons (Fsp3) is 0.471. The number of nitrogens with zero attached hydrogens (tertiary/aromatic N) is 4. The third-order valence-electron chi connectivity index (χ3n) is 4.95. The molecule has 0 N–H and O–H groups in total.